The zero-order chi connectivity index (χ0) is 10.8. The molecule has 0 saturated carbocycles. The fraction of sp³-hybridized carbons (Fsp3) is 0.273. The summed E-state index contributed by atoms with van der Waals surface area (Å²) in [5.41, 5.74) is 0.779. The van der Waals surface area contributed by atoms with Gasteiger partial charge in [0, 0.05) is 0 Å². The molecule has 0 aliphatic carbocycles. The van der Waals surface area contributed by atoms with Crippen LogP contribution in [0, 0.1) is 5.92 Å². The number of carbonyl (C=O) groups excluding carboxylic acids is 2. The molecule has 0 N–H and O–H groups in total. The van der Waals surface area contributed by atoms with E-state index in [9.17, 15) is 9.59 Å². The average Bonchev–Trinajstić information content (AvgIpc) is 2.75. The monoisotopic (exact) mass is 206 g/mol. The van der Waals surface area contributed by atoms with Crippen LogP contribution in [-0.2, 0) is 14.3 Å². The highest BCUT2D eigenvalue weighted by molar-refractivity contribution is 5.96. The molecule has 2 rings (SSSR count). The van der Waals surface area contributed by atoms with E-state index < -0.39 is 17.9 Å². The summed E-state index contributed by atoms with van der Waals surface area (Å²) in [5, 5.41) is 0. The Kier molecular flexibility index (Phi) is 2.41. The minimum Gasteiger partial charge on any atom is -0.465 e. The van der Waals surface area contributed by atoms with Crippen LogP contribution in [0.2, 0.25) is 0 Å². The number of ether oxygens (including phenoxy) is 1. The van der Waals surface area contributed by atoms with Crippen LogP contribution >= 0.6 is 0 Å². The number of esters is 2. The lowest BCUT2D eigenvalue weighted by atomic mass is 9.98. The summed E-state index contributed by atoms with van der Waals surface area (Å²) in [6.07, 6.45) is 3.42. The number of carbonyl (C=O) groups is 2. The van der Waals surface area contributed by atoms with E-state index in [1.54, 1.807) is 31.4 Å². The van der Waals surface area contributed by atoms with Crippen LogP contribution in [0.4, 0.5) is 0 Å². The van der Waals surface area contributed by atoms with E-state index in [2.05, 4.69) is 4.74 Å². The molecule has 0 radical (unpaired) electrons. The molecule has 4 nitrogen and oxygen atoms in total. The van der Waals surface area contributed by atoms with Crippen LogP contribution < -0.4 is 0 Å². The number of hydrogen-bond acceptors (Lipinski definition) is 4. The summed E-state index contributed by atoms with van der Waals surface area (Å²) in [6.45, 7) is 1.78. The van der Waals surface area contributed by atoms with Gasteiger partial charge in [0.25, 0.3) is 0 Å². The first-order chi connectivity index (χ1) is 7.16. The maximum absolute atomic E-state index is 11.2. The van der Waals surface area contributed by atoms with Gasteiger partial charge in [0.15, 0.2) is 0 Å². The fourth-order valence-electron chi connectivity index (χ4n) is 1.52. The molecule has 0 amide bonds. The molecule has 1 atom stereocenters. The molecule has 0 bridgehead atoms. The largest absolute Gasteiger partial charge is 0.465 e. The third-order valence-corrected chi connectivity index (χ3v) is 2.33. The highest BCUT2D eigenvalue weighted by Gasteiger charge is 2.34. The topological polar surface area (TPSA) is 56.5 Å². The molecule has 0 aromatic carbocycles. The SMILES string of the molecule is C/C(=C\c1ccco1)C1CC(=O)OC1=O. The number of furan rings is 1. The molecule has 1 aromatic heterocycles. The van der Waals surface area contributed by atoms with Crippen molar-refractivity contribution in [2.24, 2.45) is 5.92 Å². The molecule has 1 aromatic rings. The van der Waals surface area contributed by atoms with Gasteiger partial charge in [-0.1, -0.05) is 5.57 Å². The molecule has 15 heavy (non-hydrogen) atoms. The minimum absolute atomic E-state index is 0.127. The molecule has 1 fully saturated rings. The second-order valence-electron chi connectivity index (χ2n) is 3.45. The predicted octanol–water partition coefficient (Wildman–Crippen LogP) is 1.77. The molecule has 78 valence electrons. The van der Waals surface area contributed by atoms with Crippen molar-refractivity contribution in [1.82, 2.24) is 0 Å². The summed E-state index contributed by atoms with van der Waals surface area (Å²) >= 11 is 0. The number of hydrogen-bond donors (Lipinski definition) is 0. The lowest BCUT2D eigenvalue weighted by Crippen LogP contribution is -2.08. The van der Waals surface area contributed by atoms with Crippen molar-refractivity contribution in [1.29, 1.82) is 0 Å². The summed E-state index contributed by atoms with van der Waals surface area (Å²) in [7, 11) is 0. The smallest absolute Gasteiger partial charge is 0.321 e. The van der Waals surface area contributed by atoms with Gasteiger partial charge in [-0.3, -0.25) is 9.59 Å². The van der Waals surface area contributed by atoms with Crippen molar-refractivity contribution in [3.8, 4) is 0 Å². The van der Waals surface area contributed by atoms with E-state index in [0.717, 1.165) is 5.57 Å². The van der Waals surface area contributed by atoms with Crippen molar-refractivity contribution < 1.29 is 18.7 Å². The Morgan fingerprint density at radius 3 is 2.87 bits per heavy atom. The van der Waals surface area contributed by atoms with Crippen molar-refractivity contribution in [3.63, 3.8) is 0 Å². The number of rotatable bonds is 2. The number of cyclic esters (lactones) is 2. The zero-order valence-electron chi connectivity index (χ0n) is 8.23. The Balaban J connectivity index is 2.18. The van der Waals surface area contributed by atoms with Gasteiger partial charge in [-0.05, 0) is 25.1 Å². The molecule has 1 aliphatic heterocycles. The molecule has 1 aliphatic rings. The standard InChI is InChI=1S/C11H10O4/c1-7(5-8-3-2-4-14-8)9-6-10(12)15-11(9)13/h2-5,9H,6H2,1H3/b7-5+. The minimum atomic E-state index is -0.472. The Bertz CT molecular complexity index is 414. The van der Waals surface area contributed by atoms with Gasteiger partial charge in [-0.15, -0.1) is 0 Å². The Labute approximate surface area is 86.5 Å². The van der Waals surface area contributed by atoms with Gasteiger partial charge in [-0.2, -0.15) is 0 Å². The van der Waals surface area contributed by atoms with Gasteiger partial charge >= 0.3 is 11.9 Å². The van der Waals surface area contributed by atoms with Crippen molar-refractivity contribution >= 4 is 18.0 Å². The lowest BCUT2D eigenvalue weighted by molar-refractivity contribution is -0.152. The maximum atomic E-state index is 11.2. The first-order valence-corrected chi connectivity index (χ1v) is 4.63. The van der Waals surface area contributed by atoms with Crippen LogP contribution in [0.3, 0.4) is 0 Å². The molecule has 0 spiro atoms. The first kappa shape index (κ1) is 9.71. The Hall–Kier alpha value is -1.84. The van der Waals surface area contributed by atoms with E-state index in [1.165, 1.54) is 0 Å². The van der Waals surface area contributed by atoms with Gasteiger partial charge in [0.1, 0.15) is 5.76 Å². The lowest BCUT2D eigenvalue weighted by Gasteiger charge is -2.03. The highest BCUT2D eigenvalue weighted by atomic mass is 16.6. The zero-order valence-corrected chi connectivity index (χ0v) is 8.23. The van der Waals surface area contributed by atoms with E-state index in [0.29, 0.717) is 5.76 Å². The van der Waals surface area contributed by atoms with Gasteiger partial charge < -0.3 is 9.15 Å². The molecule has 1 saturated heterocycles. The van der Waals surface area contributed by atoms with Gasteiger partial charge in [-0.25, -0.2) is 0 Å². The van der Waals surface area contributed by atoms with E-state index in [4.69, 9.17) is 4.42 Å². The van der Waals surface area contributed by atoms with Crippen LogP contribution in [0.1, 0.15) is 19.1 Å². The molecule has 1 unspecified atom stereocenters. The second-order valence-corrected chi connectivity index (χ2v) is 3.45. The van der Waals surface area contributed by atoms with Crippen LogP contribution in [0.15, 0.2) is 28.4 Å². The third-order valence-electron chi connectivity index (χ3n) is 2.33. The Morgan fingerprint density at radius 2 is 2.33 bits per heavy atom. The summed E-state index contributed by atoms with van der Waals surface area (Å²) in [6, 6.07) is 3.54. The van der Waals surface area contributed by atoms with Crippen molar-refractivity contribution in [3.05, 3.63) is 29.7 Å². The van der Waals surface area contributed by atoms with Crippen LogP contribution in [0.5, 0.6) is 0 Å². The fourth-order valence-corrected chi connectivity index (χ4v) is 1.52. The maximum Gasteiger partial charge on any atom is 0.321 e. The van der Waals surface area contributed by atoms with E-state index >= 15 is 0 Å². The van der Waals surface area contributed by atoms with Gasteiger partial charge in [0.05, 0.1) is 18.6 Å². The predicted molar refractivity (Wildman–Crippen MR) is 51.6 cm³/mol. The second kappa shape index (κ2) is 3.73. The average molecular weight is 206 g/mol. The molecule has 4 heteroatoms. The van der Waals surface area contributed by atoms with E-state index in [-0.39, 0.29) is 6.42 Å². The normalized spacial score (nSPS) is 21.9. The molecular formula is C11H10O4. The highest BCUT2D eigenvalue weighted by Crippen LogP contribution is 2.25. The third kappa shape index (κ3) is 1.98. The Morgan fingerprint density at radius 1 is 1.53 bits per heavy atom. The molecular weight excluding hydrogens is 196 g/mol. The molecule has 2 heterocycles. The van der Waals surface area contributed by atoms with Gasteiger partial charge in [0.2, 0.25) is 0 Å². The summed E-state index contributed by atoms with van der Waals surface area (Å²) < 4.78 is 9.58. The summed E-state index contributed by atoms with van der Waals surface area (Å²) in [4.78, 5) is 22.1. The van der Waals surface area contributed by atoms with Crippen molar-refractivity contribution in [2.45, 2.75) is 13.3 Å². The van der Waals surface area contributed by atoms with Crippen molar-refractivity contribution in [2.75, 3.05) is 0 Å². The van der Waals surface area contributed by atoms with Crippen LogP contribution in [-0.4, -0.2) is 11.9 Å². The van der Waals surface area contributed by atoms with Crippen LogP contribution in [0.25, 0.3) is 6.08 Å². The first-order valence-electron chi connectivity index (χ1n) is 4.63. The quantitative estimate of drug-likeness (QED) is 0.546. The summed E-state index contributed by atoms with van der Waals surface area (Å²) in [5.74, 6) is -0.722. The van der Waals surface area contributed by atoms with E-state index in [1.807, 2.05) is 0 Å².